The lowest BCUT2D eigenvalue weighted by molar-refractivity contribution is -0.153. The molecule has 1 aromatic carbocycles. The second kappa shape index (κ2) is 11.1. The Labute approximate surface area is 170 Å². The molecule has 0 fully saturated rings. The summed E-state index contributed by atoms with van der Waals surface area (Å²) < 4.78 is 33.8. The van der Waals surface area contributed by atoms with Crippen molar-refractivity contribution in [1.29, 1.82) is 0 Å². The normalized spacial score (nSPS) is 11.6. The molecule has 0 atom stereocenters. The molecule has 26 heavy (non-hydrogen) atoms. The van der Waals surface area contributed by atoms with E-state index in [1.165, 1.54) is 12.1 Å². The van der Waals surface area contributed by atoms with Crippen molar-refractivity contribution < 1.29 is 23.0 Å². The largest absolute Gasteiger partial charge is 0.459 e. The van der Waals surface area contributed by atoms with Crippen LogP contribution in [0.25, 0.3) is 0 Å². The summed E-state index contributed by atoms with van der Waals surface area (Å²) in [6.07, 6.45) is 0. The Bertz CT molecular complexity index is 590. The van der Waals surface area contributed by atoms with Crippen LogP contribution in [0.3, 0.4) is 0 Å². The zero-order chi connectivity index (χ0) is 19.0. The molecule has 0 aliphatic rings. The minimum absolute atomic E-state index is 0. The summed E-state index contributed by atoms with van der Waals surface area (Å²) >= 11 is 0. The van der Waals surface area contributed by atoms with Gasteiger partial charge in [0.2, 0.25) is 0 Å². The fourth-order valence-corrected chi connectivity index (χ4v) is 2.04. The number of rotatable bonds is 6. The first-order valence-corrected chi connectivity index (χ1v) is 7.78. The molecule has 0 bridgehead atoms. The quantitative estimate of drug-likeness (QED) is 0.290. The van der Waals surface area contributed by atoms with Gasteiger partial charge in [-0.15, -0.1) is 24.0 Å². The second-order valence-electron chi connectivity index (χ2n) is 6.37. The van der Waals surface area contributed by atoms with Gasteiger partial charge in [0.1, 0.15) is 17.9 Å². The van der Waals surface area contributed by atoms with Crippen molar-refractivity contribution in [1.82, 2.24) is 10.2 Å². The number of hydrogen-bond donors (Lipinski definition) is 1. The Hall–Kier alpha value is -1.65. The number of benzene rings is 1. The van der Waals surface area contributed by atoms with E-state index in [0.717, 1.165) is 5.56 Å². The number of guanidine groups is 1. The molecule has 1 rings (SSSR count). The number of nitrogens with one attached hydrogen (secondary N) is 1. The van der Waals surface area contributed by atoms with Crippen LogP contribution in [0.15, 0.2) is 29.3 Å². The van der Waals surface area contributed by atoms with Crippen LogP contribution in [-0.4, -0.2) is 49.7 Å². The van der Waals surface area contributed by atoms with Crippen molar-refractivity contribution >= 4 is 35.9 Å². The van der Waals surface area contributed by atoms with Gasteiger partial charge in [0.15, 0.2) is 5.96 Å². The third kappa shape index (κ3) is 9.73. The molecule has 0 saturated carbocycles. The lowest BCUT2D eigenvalue weighted by Gasteiger charge is -2.23. The number of aliphatic imine (C=N–C) groups is 1. The minimum Gasteiger partial charge on any atom is -0.459 e. The Morgan fingerprint density at radius 1 is 1.27 bits per heavy atom. The summed E-state index contributed by atoms with van der Waals surface area (Å²) in [5.74, 6) is 0.239. The predicted octanol–water partition coefficient (Wildman–Crippen LogP) is 3.25. The average Bonchev–Trinajstić information content (AvgIpc) is 2.47. The summed E-state index contributed by atoms with van der Waals surface area (Å²) in [7, 11) is 3.40. The molecule has 1 N–H and O–H groups in total. The van der Waals surface area contributed by atoms with Crippen LogP contribution in [0.1, 0.15) is 26.3 Å². The number of ether oxygens (including phenoxy) is 2. The van der Waals surface area contributed by atoms with Crippen LogP contribution in [0.4, 0.5) is 8.78 Å². The maximum Gasteiger partial charge on any atom is 0.387 e. The number of carbonyl (C=O) groups excluding carboxylic acids is 1. The first kappa shape index (κ1) is 24.4. The molecule has 148 valence electrons. The monoisotopic (exact) mass is 485 g/mol. The molecule has 0 heterocycles. The van der Waals surface area contributed by atoms with E-state index in [-0.39, 0.29) is 42.2 Å². The molecule has 9 heteroatoms. The van der Waals surface area contributed by atoms with Crippen molar-refractivity contribution in [2.45, 2.75) is 39.5 Å². The molecular formula is C17H26F2IN3O3. The highest BCUT2D eigenvalue weighted by Gasteiger charge is 2.17. The number of halogens is 3. The van der Waals surface area contributed by atoms with Crippen LogP contribution >= 0.6 is 24.0 Å². The topological polar surface area (TPSA) is 63.2 Å². The smallest absolute Gasteiger partial charge is 0.387 e. The van der Waals surface area contributed by atoms with Crippen molar-refractivity contribution in [2.75, 3.05) is 20.6 Å². The van der Waals surface area contributed by atoms with Crippen LogP contribution in [-0.2, 0) is 16.1 Å². The fraction of sp³-hybridized carbons (Fsp3) is 0.529. The van der Waals surface area contributed by atoms with Gasteiger partial charge in [-0.05, 0) is 38.5 Å². The summed E-state index contributed by atoms with van der Waals surface area (Å²) in [6.45, 7) is 3.02. The number of nitrogens with zero attached hydrogens (tertiary/aromatic N) is 2. The highest BCUT2D eigenvalue weighted by molar-refractivity contribution is 14.0. The SMILES string of the molecule is CN=C(NCC(=O)OC(C)(C)C)N(C)Cc1ccc(OC(F)F)cc1.I. The Morgan fingerprint density at radius 3 is 2.31 bits per heavy atom. The Kier molecular flexibility index (Phi) is 10.4. The molecule has 0 aliphatic heterocycles. The summed E-state index contributed by atoms with van der Waals surface area (Å²) in [5.41, 5.74) is 0.334. The van der Waals surface area contributed by atoms with Crippen molar-refractivity contribution in [3.05, 3.63) is 29.8 Å². The zero-order valence-electron chi connectivity index (χ0n) is 15.6. The van der Waals surface area contributed by atoms with Gasteiger partial charge in [-0.1, -0.05) is 12.1 Å². The maximum absolute atomic E-state index is 12.1. The number of hydrogen-bond acceptors (Lipinski definition) is 4. The van der Waals surface area contributed by atoms with Gasteiger partial charge >= 0.3 is 12.6 Å². The molecule has 0 aromatic heterocycles. The first-order valence-electron chi connectivity index (χ1n) is 7.78. The van der Waals surface area contributed by atoms with Crippen LogP contribution < -0.4 is 10.1 Å². The van der Waals surface area contributed by atoms with Crippen molar-refractivity contribution in [2.24, 2.45) is 4.99 Å². The van der Waals surface area contributed by atoms with E-state index in [1.54, 1.807) is 51.9 Å². The van der Waals surface area contributed by atoms with Gasteiger partial charge in [0.25, 0.3) is 0 Å². The summed E-state index contributed by atoms with van der Waals surface area (Å²) in [4.78, 5) is 17.7. The molecule has 0 saturated heterocycles. The van der Waals surface area contributed by atoms with E-state index in [0.29, 0.717) is 12.5 Å². The third-order valence-electron chi connectivity index (χ3n) is 2.95. The van der Waals surface area contributed by atoms with Crippen molar-refractivity contribution in [3.63, 3.8) is 0 Å². The second-order valence-corrected chi connectivity index (χ2v) is 6.37. The van der Waals surface area contributed by atoms with Crippen LogP contribution in [0.2, 0.25) is 0 Å². The number of alkyl halides is 2. The molecular weight excluding hydrogens is 459 g/mol. The van der Waals surface area contributed by atoms with Gasteiger partial charge in [-0.2, -0.15) is 8.78 Å². The molecule has 0 unspecified atom stereocenters. The number of esters is 1. The molecule has 0 radical (unpaired) electrons. The standard InChI is InChI=1S/C17H25F2N3O3.HI/c1-17(2,3)25-14(23)10-21-16(20-4)22(5)11-12-6-8-13(9-7-12)24-15(18)19;/h6-9,15H,10-11H2,1-5H3,(H,20,21);1H. The molecule has 6 nitrogen and oxygen atoms in total. The summed E-state index contributed by atoms with van der Waals surface area (Å²) in [6, 6.07) is 6.34. The van der Waals surface area contributed by atoms with Gasteiger partial charge < -0.3 is 19.7 Å². The zero-order valence-corrected chi connectivity index (χ0v) is 17.9. The van der Waals surface area contributed by atoms with E-state index in [2.05, 4.69) is 15.0 Å². The Morgan fingerprint density at radius 2 is 1.85 bits per heavy atom. The minimum atomic E-state index is -2.84. The Balaban J connectivity index is 0.00000625. The van der Waals surface area contributed by atoms with E-state index in [9.17, 15) is 13.6 Å². The molecule has 0 spiro atoms. The molecule has 0 amide bonds. The van der Waals surface area contributed by atoms with Gasteiger partial charge in [0, 0.05) is 20.6 Å². The van der Waals surface area contributed by atoms with Gasteiger partial charge in [-0.3, -0.25) is 9.79 Å². The predicted molar refractivity (Wildman–Crippen MR) is 107 cm³/mol. The average molecular weight is 485 g/mol. The van der Waals surface area contributed by atoms with Crippen molar-refractivity contribution in [3.8, 4) is 5.75 Å². The van der Waals surface area contributed by atoms with Gasteiger partial charge in [-0.25, -0.2) is 0 Å². The van der Waals surface area contributed by atoms with E-state index < -0.39 is 12.2 Å². The van der Waals surface area contributed by atoms with Gasteiger partial charge in [0.05, 0.1) is 0 Å². The summed E-state index contributed by atoms with van der Waals surface area (Å²) in [5, 5.41) is 2.93. The maximum atomic E-state index is 12.1. The van der Waals surface area contributed by atoms with Crippen LogP contribution in [0.5, 0.6) is 5.75 Å². The lowest BCUT2D eigenvalue weighted by atomic mass is 10.2. The number of carbonyl (C=O) groups is 1. The van der Waals surface area contributed by atoms with E-state index >= 15 is 0 Å². The highest BCUT2D eigenvalue weighted by atomic mass is 127. The van der Waals surface area contributed by atoms with E-state index in [1.807, 2.05) is 0 Å². The van der Waals surface area contributed by atoms with Crippen LogP contribution in [0, 0.1) is 0 Å². The third-order valence-corrected chi connectivity index (χ3v) is 2.95. The fourth-order valence-electron chi connectivity index (χ4n) is 2.04. The molecule has 1 aromatic rings. The highest BCUT2D eigenvalue weighted by Crippen LogP contribution is 2.15. The first-order chi connectivity index (χ1) is 11.6. The molecule has 0 aliphatic carbocycles. The van der Waals surface area contributed by atoms with E-state index in [4.69, 9.17) is 4.74 Å². The lowest BCUT2D eigenvalue weighted by Crippen LogP contribution is -2.42.